The number of hydrogen-bond acceptors (Lipinski definition) is 6. The van der Waals surface area contributed by atoms with Gasteiger partial charge in [0, 0.05) is 63.6 Å². The minimum atomic E-state index is 0.00447. The van der Waals surface area contributed by atoms with Crippen molar-refractivity contribution >= 4 is 46.0 Å². The monoisotopic (exact) mass is 423 g/mol. The predicted octanol–water partition coefficient (Wildman–Crippen LogP) is 1.82. The van der Waals surface area contributed by atoms with Gasteiger partial charge in [0.05, 0.1) is 11.4 Å². The Hall–Kier alpha value is -3.20. The van der Waals surface area contributed by atoms with Crippen LogP contribution in [-0.4, -0.2) is 59.3 Å². The lowest BCUT2D eigenvalue weighted by Crippen LogP contribution is -2.51. The summed E-state index contributed by atoms with van der Waals surface area (Å²) in [5, 5.41) is 5.13. The van der Waals surface area contributed by atoms with Crippen molar-refractivity contribution in [2.75, 3.05) is 48.3 Å². The zero-order valence-corrected chi connectivity index (χ0v) is 17.7. The van der Waals surface area contributed by atoms with E-state index in [9.17, 15) is 4.79 Å². The van der Waals surface area contributed by atoms with Crippen LogP contribution >= 0.6 is 12.2 Å². The van der Waals surface area contributed by atoms with Crippen molar-refractivity contribution in [2.45, 2.75) is 13.3 Å². The molecule has 1 fully saturated rings. The van der Waals surface area contributed by atoms with Gasteiger partial charge in [0.25, 0.3) is 0 Å². The highest BCUT2D eigenvalue weighted by Crippen LogP contribution is 2.25. The molecule has 0 aliphatic carbocycles. The van der Waals surface area contributed by atoms with Crippen LogP contribution in [0.3, 0.4) is 0 Å². The number of thiocarbonyl (C=S) groups is 1. The van der Waals surface area contributed by atoms with Crippen molar-refractivity contribution in [1.29, 1.82) is 0 Å². The van der Waals surface area contributed by atoms with Crippen molar-refractivity contribution in [1.82, 2.24) is 15.3 Å². The van der Waals surface area contributed by atoms with Crippen molar-refractivity contribution in [3.05, 3.63) is 48.3 Å². The van der Waals surface area contributed by atoms with Crippen LogP contribution in [0.15, 0.2) is 47.7 Å². The number of piperazine rings is 1. The summed E-state index contributed by atoms with van der Waals surface area (Å²) >= 11 is 5.57. The number of hydrazone groups is 1. The molecule has 9 heteroatoms. The third-order valence-corrected chi connectivity index (χ3v) is 5.74. The summed E-state index contributed by atoms with van der Waals surface area (Å²) in [5.41, 5.74) is 13.2. The Balaban J connectivity index is 1.39. The highest BCUT2D eigenvalue weighted by atomic mass is 32.1. The highest BCUT2D eigenvalue weighted by Gasteiger charge is 2.25. The second kappa shape index (κ2) is 8.66. The number of nitrogens with one attached hydrogen (secondary N) is 1. The molecule has 0 saturated carbocycles. The van der Waals surface area contributed by atoms with E-state index in [-0.39, 0.29) is 5.91 Å². The van der Waals surface area contributed by atoms with Crippen LogP contribution in [-0.2, 0) is 4.79 Å². The fraction of sp³-hybridized carbons (Fsp3) is 0.333. The summed E-state index contributed by atoms with van der Waals surface area (Å²) in [4.78, 5) is 22.5. The van der Waals surface area contributed by atoms with Crippen LogP contribution in [0.25, 0.3) is 0 Å². The minimum absolute atomic E-state index is 0.00447. The van der Waals surface area contributed by atoms with Crippen LogP contribution in [0.4, 0.5) is 17.1 Å². The number of rotatable bonds is 2. The molecule has 8 nitrogen and oxygen atoms in total. The van der Waals surface area contributed by atoms with Gasteiger partial charge in [-0.1, -0.05) is 6.07 Å². The molecular weight excluding hydrogens is 398 g/mol. The van der Waals surface area contributed by atoms with Crippen LogP contribution in [0, 0.1) is 0 Å². The standard InChI is InChI=1S/C21H25N7OS/c1-15(29)28-9-7-18(20-19(28)6-3-8-23-20)24-25-21(30)27-12-10-26(11-13-27)17-5-2-4-16(22)14-17/h2-6,8,14H,7,9-13,22H2,1H3,(H,25,30)/b24-18-. The van der Waals surface area contributed by atoms with E-state index < -0.39 is 0 Å². The number of nitrogens with zero attached hydrogens (tertiary/aromatic N) is 5. The Bertz CT molecular complexity index is 985. The van der Waals surface area contributed by atoms with Crippen LogP contribution in [0.5, 0.6) is 0 Å². The number of carbonyl (C=O) groups excluding carboxylic acids is 1. The summed E-state index contributed by atoms with van der Waals surface area (Å²) in [6.07, 6.45) is 2.34. The van der Waals surface area contributed by atoms with Crippen molar-refractivity contribution in [3.8, 4) is 0 Å². The molecule has 1 amide bonds. The minimum Gasteiger partial charge on any atom is -0.399 e. The topological polar surface area (TPSA) is 90.1 Å². The van der Waals surface area contributed by atoms with Gasteiger partial charge in [-0.2, -0.15) is 5.10 Å². The van der Waals surface area contributed by atoms with E-state index in [0.717, 1.165) is 54.6 Å². The lowest BCUT2D eigenvalue weighted by Gasteiger charge is -2.37. The zero-order valence-electron chi connectivity index (χ0n) is 16.9. The summed E-state index contributed by atoms with van der Waals surface area (Å²) in [6, 6.07) is 11.7. The Kier molecular flexibility index (Phi) is 5.80. The fourth-order valence-electron chi connectivity index (χ4n) is 3.80. The molecule has 0 spiro atoms. The molecule has 1 saturated heterocycles. The van der Waals surface area contributed by atoms with Crippen molar-refractivity contribution in [2.24, 2.45) is 5.10 Å². The first kappa shape index (κ1) is 20.1. The van der Waals surface area contributed by atoms with E-state index in [1.165, 1.54) is 0 Å². The number of anilines is 3. The second-order valence-electron chi connectivity index (χ2n) is 7.34. The molecule has 3 N–H and O–H groups in total. The normalized spacial score (nSPS) is 17.6. The van der Waals surface area contributed by atoms with Crippen molar-refractivity contribution < 1.29 is 4.79 Å². The average molecular weight is 424 g/mol. The van der Waals surface area contributed by atoms with Gasteiger partial charge in [-0.15, -0.1) is 0 Å². The van der Waals surface area contributed by atoms with E-state index in [0.29, 0.717) is 18.1 Å². The van der Waals surface area contributed by atoms with E-state index in [1.54, 1.807) is 18.0 Å². The third kappa shape index (κ3) is 4.20. The van der Waals surface area contributed by atoms with E-state index >= 15 is 0 Å². The maximum absolute atomic E-state index is 11.9. The molecule has 156 valence electrons. The summed E-state index contributed by atoms with van der Waals surface area (Å²) in [5.74, 6) is 0.00447. The lowest BCUT2D eigenvalue weighted by atomic mass is 10.1. The Morgan fingerprint density at radius 1 is 1.17 bits per heavy atom. The number of carbonyl (C=O) groups is 1. The molecule has 0 radical (unpaired) electrons. The molecule has 1 aromatic heterocycles. The largest absolute Gasteiger partial charge is 0.399 e. The Morgan fingerprint density at radius 2 is 1.97 bits per heavy atom. The molecule has 2 aliphatic rings. The molecule has 30 heavy (non-hydrogen) atoms. The number of aromatic nitrogens is 1. The number of nitrogens with two attached hydrogens (primary N) is 1. The summed E-state index contributed by atoms with van der Waals surface area (Å²) in [7, 11) is 0. The van der Waals surface area contributed by atoms with Crippen LogP contribution in [0.2, 0.25) is 0 Å². The van der Waals surface area contributed by atoms with Gasteiger partial charge in [0.15, 0.2) is 5.11 Å². The molecular formula is C21H25N7OS. The van der Waals surface area contributed by atoms with E-state index in [2.05, 4.69) is 31.4 Å². The molecule has 0 unspecified atom stereocenters. The first-order valence-corrected chi connectivity index (χ1v) is 10.4. The number of pyridine rings is 1. The number of benzene rings is 1. The van der Waals surface area contributed by atoms with Gasteiger partial charge < -0.3 is 20.4 Å². The average Bonchev–Trinajstić information content (AvgIpc) is 2.77. The third-order valence-electron chi connectivity index (χ3n) is 5.39. The van der Waals surface area contributed by atoms with E-state index in [1.807, 2.05) is 30.3 Å². The van der Waals surface area contributed by atoms with Crippen LogP contribution < -0.4 is 21.0 Å². The SMILES string of the molecule is CC(=O)N1CC/C(=N/NC(=S)N2CCN(c3cccc(N)c3)CC2)c2ncccc21. The van der Waals surface area contributed by atoms with Gasteiger partial charge in [-0.05, 0) is 42.5 Å². The first-order chi connectivity index (χ1) is 14.5. The van der Waals surface area contributed by atoms with Gasteiger partial charge in [0.1, 0.15) is 5.69 Å². The zero-order chi connectivity index (χ0) is 21.1. The molecule has 0 atom stereocenters. The summed E-state index contributed by atoms with van der Waals surface area (Å²) < 4.78 is 0. The lowest BCUT2D eigenvalue weighted by molar-refractivity contribution is -0.116. The van der Waals surface area contributed by atoms with Gasteiger partial charge >= 0.3 is 0 Å². The molecule has 2 aromatic rings. The Morgan fingerprint density at radius 3 is 2.70 bits per heavy atom. The quantitative estimate of drug-likeness (QED) is 0.433. The second-order valence-corrected chi connectivity index (χ2v) is 7.72. The first-order valence-electron chi connectivity index (χ1n) is 9.98. The summed E-state index contributed by atoms with van der Waals surface area (Å²) in [6.45, 7) is 5.48. The maximum Gasteiger partial charge on any atom is 0.223 e. The molecule has 2 aliphatic heterocycles. The highest BCUT2D eigenvalue weighted by molar-refractivity contribution is 7.80. The van der Waals surface area contributed by atoms with E-state index in [4.69, 9.17) is 18.0 Å². The number of fused-ring (bicyclic) bond motifs is 1. The van der Waals surface area contributed by atoms with Crippen LogP contribution in [0.1, 0.15) is 19.0 Å². The fourth-order valence-corrected chi connectivity index (χ4v) is 4.03. The smallest absolute Gasteiger partial charge is 0.223 e. The molecule has 4 rings (SSSR count). The predicted molar refractivity (Wildman–Crippen MR) is 124 cm³/mol. The number of nitrogen functional groups attached to an aromatic ring is 1. The number of hydrogen-bond donors (Lipinski definition) is 2. The van der Waals surface area contributed by atoms with Crippen molar-refractivity contribution in [3.63, 3.8) is 0 Å². The molecule has 3 heterocycles. The van der Waals surface area contributed by atoms with Gasteiger partial charge in [-0.25, -0.2) is 0 Å². The van der Waals surface area contributed by atoms with Gasteiger partial charge in [-0.3, -0.25) is 15.2 Å². The van der Waals surface area contributed by atoms with Gasteiger partial charge in [0.2, 0.25) is 5.91 Å². The molecule has 0 bridgehead atoms. The maximum atomic E-state index is 11.9. The Labute approximate surface area is 181 Å². The number of amides is 1. The molecule has 1 aromatic carbocycles.